The van der Waals surface area contributed by atoms with Gasteiger partial charge in [0.2, 0.25) is 11.8 Å². The number of amides is 2. The largest absolute Gasteiger partial charge is 0.333 e. The third-order valence-electron chi connectivity index (χ3n) is 2.88. The van der Waals surface area contributed by atoms with Gasteiger partial charge in [-0.15, -0.1) is 0 Å². The van der Waals surface area contributed by atoms with Crippen LogP contribution in [0.3, 0.4) is 0 Å². The summed E-state index contributed by atoms with van der Waals surface area (Å²) in [6.45, 7) is 2.56. The van der Waals surface area contributed by atoms with Gasteiger partial charge in [0.05, 0.1) is 12.2 Å². The standard InChI is InChI=1S/C12H14ClN3O2/c1-8-4-5-14-12(13)11(8)15-9(17)7-16-6-2-3-10(16)18/h4-5H,2-3,6-7H2,1H3,(H,15,17). The summed E-state index contributed by atoms with van der Waals surface area (Å²) in [5.41, 5.74) is 1.35. The number of carbonyl (C=O) groups is 2. The normalized spacial score (nSPS) is 15.0. The van der Waals surface area contributed by atoms with E-state index in [2.05, 4.69) is 10.3 Å². The summed E-state index contributed by atoms with van der Waals surface area (Å²) in [4.78, 5) is 28.7. The summed E-state index contributed by atoms with van der Waals surface area (Å²) in [6.07, 6.45) is 2.93. The molecule has 0 bridgehead atoms. The van der Waals surface area contributed by atoms with Crippen molar-refractivity contribution in [3.8, 4) is 0 Å². The molecule has 5 nitrogen and oxygen atoms in total. The Labute approximate surface area is 110 Å². The van der Waals surface area contributed by atoms with Crippen molar-refractivity contribution in [2.24, 2.45) is 0 Å². The number of likely N-dealkylation sites (tertiary alicyclic amines) is 1. The van der Waals surface area contributed by atoms with Gasteiger partial charge in [0.25, 0.3) is 0 Å². The van der Waals surface area contributed by atoms with E-state index in [1.54, 1.807) is 17.2 Å². The van der Waals surface area contributed by atoms with Crippen LogP contribution in [-0.4, -0.2) is 34.8 Å². The van der Waals surface area contributed by atoms with Crippen LogP contribution >= 0.6 is 11.6 Å². The molecule has 0 atom stereocenters. The summed E-state index contributed by atoms with van der Waals surface area (Å²) >= 11 is 5.91. The van der Waals surface area contributed by atoms with E-state index in [9.17, 15) is 9.59 Å². The van der Waals surface area contributed by atoms with Crippen molar-refractivity contribution in [1.29, 1.82) is 0 Å². The molecule has 1 fully saturated rings. The van der Waals surface area contributed by atoms with E-state index in [0.717, 1.165) is 12.0 Å². The van der Waals surface area contributed by atoms with Crippen LogP contribution in [0.1, 0.15) is 18.4 Å². The zero-order valence-corrected chi connectivity index (χ0v) is 10.8. The van der Waals surface area contributed by atoms with E-state index in [1.165, 1.54) is 0 Å². The van der Waals surface area contributed by atoms with Gasteiger partial charge in [-0.05, 0) is 25.0 Å². The molecule has 1 saturated heterocycles. The van der Waals surface area contributed by atoms with Crippen molar-refractivity contribution in [3.05, 3.63) is 23.0 Å². The number of aromatic nitrogens is 1. The minimum absolute atomic E-state index is 0.0270. The smallest absolute Gasteiger partial charge is 0.244 e. The predicted octanol–water partition coefficient (Wildman–Crippen LogP) is 1.60. The Balaban J connectivity index is 2.01. The van der Waals surface area contributed by atoms with Gasteiger partial charge in [-0.2, -0.15) is 0 Å². The molecule has 6 heteroatoms. The van der Waals surface area contributed by atoms with Gasteiger partial charge in [-0.3, -0.25) is 9.59 Å². The molecular formula is C12H14ClN3O2. The average Bonchev–Trinajstić information content (AvgIpc) is 2.70. The van der Waals surface area contributed by atoms with Crippen molar-refractivity contribution < 1.29 is 9.59 Å². The van der Waals surface area contributed by atoms with Gasteiger partial charge < -0.3 is 10.2 Å². The molecule has 2 amide bonds. The van der Waals surface area contributed by atoms with E-state index in [1.807, 2.05) is 6.92 Å². The summed E-state index contributed by atoms with van der Waals surface area (Å²) in [7, 11) is 0. The van der Waals surface area contributed by atoms with Gasteiger partial charge in [0.15, 0.2) is 5.15 Å². The van der Waals surface area contributed by atoms with Crippen molar-refractivity contribution in [3.63, 3.8) is 0 Å². The van der Waals surface area contributed by atoms with Crippen LogP contribution in [0.4, 0.5) is 5.69 Å². The van der Waals surface area contributed by atoms with Crippen LogP contribution in [0.2, 0.25) is 5.15 Å². The number of aryl methyl sites for hydroxylation is 1. The molecule has 0 aromatic carbocycles. The van der Waals surface area contributed by atoms with Gasteiger partial charge in [-0.1, -0.05) is 11.6 Å². The molecule has 0 radical (unpaired) electrons. The number of carbonyl (C=O) groups excluding carboxylic acids is 2. The zero-order valence-electron chi connectivity index (χ0n) is 10.1. The lowest BCUT2D eigenvalue weighted by atomic mass is 10.2. The minimum Gasteiger partial charge on any atom is -0.333 e. The van der Waals surface area contributed by atoms with E-state index < -0.39 is 0 Å². The van der Waals surface area contributed by atoms with Gasteiger partial charge in [0, 0.05) is 19.2 Å². The third kappa shape index (κ3) is 2.79. The second-order valence-electron chi connectivity index (χ2n) is 4.26. The average molecular weight is 268 g/mol. The highest BCUT2D eigenvalue weighted by molar-refractivity contribution is 6.32. The maximum Gasteiger partial charge on any atom is 0.244 e. The maximum atomic E-state index is 11.8. The van der Waals surface area contributed by atoms with Crippen LogP contribution in [0.5, 0.6) is 0 Å². The van der Waals surface area contributed by atoms with Crippen LogP contribution in [0, 0.1) is 6.92 Å². The Morgan fingerprint density at radius 3 is 3.00 bits per heavy atom. The molecule has 1 aliphatic rings. The molecule has 2 rings (SSSR count). The van der Waals surface area contributed by atoms with Crippen LogP contribution in [0.25, 0.3) is 0 Å². The summed E-state index contributed by atoms with van der Waals surface area (Å²) in [5.74, 6) is -0.220. The fraction of sp³-hybridized carbons (Fsp3) is 0.417. The first-order valence-corrected chi connectivity index (χ1v) is 6.14. The Morgan fingerprint density at radius 2 is 2.39 bits per heavy atom. The van der Waals surface area contributed by atoms with Crippen LogP contribution in [0.15, 0.2) is 12.3 Å². The molecule has 1 aliphatic heterocycles. The molecule has 96 valence electrons. The lowest BCUT2D eigenvalue weighted by molar-refractivity contribution is -0.131. The Morgan fingerprint density at radius 1 is 1.61 bits per heavy atom. The molecule has 0 aliphatic carbocycles. The second-order valence-corrected chi connectivity index (χ2v) is 4.62. The van der Waals surface area contributed by atoms with Gasteiger partial charge >= 0.3 is 0 Å². The van der Waals surface area contributed by atoms with Crippen LogP contribution in [-0.2, 0) is 9.59 Å². The first-order valence-electron chi connectivity index (χ1n) is 5.76. The number of halogens is 1. The number of hydrogen-bond donors (Lipinski definition) is 1. The minimum atomic E-state index is -0.247. The molecule has 0 spiro atoms. The molecule has 18 heavy (non-hydrogen) atoms. The van der Waals surface area contributed by atoms with Crippen molar-refractivity contribution in [2.45, 2.75) is 19.8 Å². The number of rotatable bonds is 3. The topological polar surface area (TPSA) is 62.3 Å². The highest BCUT2D eigenvalue weighted by Crippen LogP contribution is 2.22. The quantitative estimate of drug-likeness (QED) is 0.847. The highest BCUT2D eigenvalue weighted by Gasteiger charge is 2.22. The van der Waals surface area contributed by atoms with Gasteiger partial charge in [0.1, 0.15) is 0 Å². The lowest BCUT2D eigenvalue weighted by Crippen LogP contribution is -2.34. The summed E-state index contributed by atoms with van der Waals surface area (Å²) in [5, 5.41) is 2.96. The number of pyridine rings is 1. The molecule has 1 aromatic rings. The Bertz CT molecular complexity index is 470. The summed E-state index contributed by atoms with van der Waals surface area (Å²) < 4.78 is 0. The SMILES string of the molecule is Cc1ccnc(Cl)c1NC(=O)CN1CCCC1=O. The lowest BCUT2D eigenvalue weighted by Gasteiger charge is -2.16. The molecule has 0 unspecified atom stereocenters. The van der Waals surface area contributed by atoms with Crippen molar-refractivity contribution in [2.75, 3.05) is 18.4 Å². The zero-order chi connectivity index (χ0) is 13.1. The first kappa shape index (κ1) is 12.8. The van der Waals surface area contributed by atoms with Crippen molar-refractivity contribution in [1.82, 2.24) is 9.88 Å². The maximum absolute atomic E-state index is 11.8. The molecular weight excluding hydrogens is 254 g/mol. The van der Waals surface area contributed by atoms with Crippen molar-refractivity contribution >= 4 is 29.1 Å². The number of hydrogen-bond acceptors (Lipinski definition) is 3. The first-order chi connectivity index (χ1) is 8.58. The monoisotopic (exact) mass is 267 g/mol. The van der Waals surface area contributed by atoms with E-state index in [0.29, 0.717) is 18.7 Å². The fourth-order valence-corrected chi connectivity index (χ4v) is 2.15. The predicted molar refractivity (Wildman–Crippen MR) is 68.4 cm³/mol. The van der Waals surface area contributed by atoms with Crippen LogP contribution < -0.4 is 5.32 Å². The fourth-order valence-electron chi connectivity index (χ4n) is 1.90. The third-order valence-corrected chi connectivity index (χ3v) is 3.17. The Kier molecular flexibility index (Phi) is 3.81. The number of nitrogens with zero attached hydrogens (tertiary/aromatic N) is 2. The highest BCUT2D eigenvalue weighted by atomic mass is 35.5. The molecule has 2 heterocycles. The molecule has 1 N–H and O–H groups in total. The van der Waals surface area contributed by atoms with E-state index >= 15 is 0 Å². The van der Waals surface area contributed by atoms with E-state index in [4.69, 9.17) is 11.6 Å². The summed E-state index contributed by atoms with van der Waals surface area (Å²) in [6, 6.07) is 1.77. The number of nitrogens with one attached hydrogen (secondary N) is 1. The second kappa shape index (κ2) is 5.35. The number of anilines is 1. The van der Waals surface area contributed by atoms with E-state index in [-0.39, 0.29) is 23.5 Å². The molecule has 0 saturated carbocycles. The molecule has 1 aromatic heterocycles. The Hall–Kier alpha value is -1.62. The van der Waals surface area contributed by atoms with Gasteiger partial charge in [-0.25, -0.2) is 4.98 Å².